The fourth-order valence-electron chi connectivity index (χ4n) is 5.68. The summed E-state index contributed by atoms with van der Waals surface area (Å²) >= 11 is 1.44. The average molecular weight is 434 g/mol. The van der Waals surface area contributed by atoms with E-state index in [0.717, 1.165) is 55.2 Å². The minimum Gasteiger partial charge on any atom is -0.353 e. The summed E-state index contributed by atoms with van der Waals surface area (Å²) in [5.74, 6) is 3.80. The molecule has 2 aliphatic carbocycles. The van der Waals surface area contributed by atoms with Crippen molar-refractivity contribution in [3.8, 4) is 0 Å². The molecule has 2 heterocycles. The Hall–Kier alpha value is -1.57. The number of nitrogens with one attached hydrogen (secondary N) is 1. The monoisotopic (exact) mass is 433 g/mol. The van der Waals surface area contributed by atoms with E-state index >= 15 is 0 Å². The zero-order valence-electron chi connectivity index (χ0n) is 18.3. The molecule has 1 N–H and O–H groups in total. The van der Waals surface area contributed by atoms with Crippen LogP contribution in [0.1, 0.15) is 71.0 Å². The number of carbonyl (C=O) groups is 2. The van der Waals surface area contributed by atoms with Crippen molar-refractivity contribution in [1.29, 1.82) is 0 Å². The van der Waals surface area contributed by atoms with Gasteiger partial charge in [-0.15, -0.1) is 10.2 Å². The molecule has 1 aromatic heterocycles. The lowest BCUT2D eigenvalue weighted by molar-refractivity contribution is -0.131. The Morgan fingerprint density at radius 3 is 2.83 bits per heavy atom. The lowest BCUT2D eigenvalue weighted by Gasteiger charge is -2.28. The Bertz CT molecular complexity index is 767. The fraction of sp³-hybridized carbons (Fsp3) is 0.818. The summed E-state index contributed by atoms with van der Waals surface area (Å²) in [7, 11) is 0. The maximum Gasteiger partial charge on any atom is 0.230 e. The number of likely N-dealkylation sites (tertiary alicyclic amines) is 1. The van der Waals surface area contributed by atoms with E-state index in [1.807, 2.05) is 9.47 Å². The summed E-state index contributed by atoms with van der Waals surface area (Å²) in [6, 6.07) is 0.252. The number of nitrogens with zero attached hydrogens (tertiary/aromatic N) is 4. The van der Waals surface area contributed by atoms with Gasteiger partial charge in [0.2, 0.25) is 11.8 Å². The van der Waals surface area contributed by atoms with Crippen LogP contribution in [-0.4, -0.2) is 49.8 Å². The largest absolute Gasteiger partial charge is 0.353 e. The molecule has 2 bridgehead atoms. The molecule has 4 atom stereocenters. The standard InChI is InChI=1S/C22H35N5O2S/c1-3-27-19(13-26-10-6-4-5-7-21(26)29)24-25-22(27)30-14-20(28)23-15(2)18-12-16-8-9-17(18)11-16/h15-18H,3-14H2,1-2H3,(H,23,28)/t15-,16-,17-,18-/m1/s1. The minimum absolute atomic E-state index is 0.0742. The SMILES string of the molecule is CCn1c(CN2CCCCCC2=O)nnc1SCC(=O)N[C@H](C)[C@H]1C[C@@H]2CC[C@@H]1C2. The molecule has 3 fully saturated rings. The van der Waals surface area contributed by atoms with Crippen LogP contribution in [0.3, 0.4) is 0 Å². The van der Waals surface area contributed by atoms with E-state index in [1.165, 1.54) is 37.4 Å². The molecule has 30 heavy (non-hydrogen) atoms. The highest BCUT2D eigenvalue weighted by molar-refractivity contribution is 7.99. The van der Waals surface area contributed by atoms with E-state index in [2.05, 4.69) is 29.4 Å². The Balaban J connectivity index is 1.30. The number of hydrogen-bond donors (Lipinski definition) is 1. The van der Waals surface area contributed by atoms with Crippen molar-refractivity contribution in [3.05, 3.63) is 5.82 Å². The van der Waals surface area contributed by atoms with Crippen molar-refractivity contribution in [3.63, 3.8) is 0 Å². The molecule has 0 spiro atoms. The quantitative estimate of drug-likeness (QED) is 0.637. The Morgan fingerprint density at radius 1 is 1.23 bits per heavy atom. The summed E-state index contributed by atoms with van der Waals surface area (Å²) in [5.41, 5.74) is 0. The highest BCUT2D eigenvalue weighted by atomic mass is 32.2. The van der Waals surface area contributed by atoms with Crippen LogP contribution in [0, 0.1) is 17.8 Å². The molecule has 0 radical (unpaired) electrons. The van der Waals surface area contributed by atoms with Crippen molar-refractivity contribution < 1.29 is 9.59 Å². The van der Waals surface area contributed by atoms with Gasteiger partial charge in [-0.3, -0.25) is 9.59 Å². The molecule has 1 aromatic rings. The highest BCUT2D eigenvalue weighted by Crippen LogP contribution is 2.49. The zero-order valence-corrected chi connectivity index (χ0v) is 19.1. The number of fused-ring (bicyclic) bond motifs is 2. The first-order valence-electron chi connectivity index (χ1n) is 11.7. The van der Waals surface area contributed by atoms with Crippen LogP contribution in [-0.2, 0) is 22.7 Å². The van der Waals surface area contributed by atoms with Gasteiger partial charge in [-0.2, -0.15) is 0 Å². The third-order valence-corrected chi connectivity index (χ3v) is 8.24. The molecule has 2 saturated carbocycles. The zero-order chi connectivity index (χ0) is 21.1. The minimum atomic E-state index is 0.0742. The van der Waals surface area contributed by atoms with Gasteiger partial charge in [-0.05, 0) is 63.7 Å². The number of amides is 2. The van der Waals surface area contributed by atoms with Gasteiger partial charge in [0.25, 0.3) is 0 Å². The lowest BCUT2D eigenvalue weighted by atomic mass is 9.84. The topological polar surface area (TPSA) is 80.1 Å². The van der Waals surface area contributed by atoms with Gasteiger partial charge in [0.15, 0.2) is 11.0 Å². The number of thioether (sulfide) groups is 1. The number of hydrogen-bond acceptors (Lipinski definition) is 5. The van der Waals surface area contributed by atoms with Crippen molar-refractivity contribution in [2.75, 3.05) is 12.3 Å². The van der Waals surface area contributed by atoms with E-state index in [4.69, 9.17) is 0 Å². The summed E-state index contributed by atoms with van der Waals surface area (Å²) in [4.78, 5) is 26.8. The predicted molar refractivity (Wildman–Crippen MR) is 117 cm³/mol. The molecule has 1 aliphatic heterocycles. The number of rotatable bonds is 8. The summed E-state index contributed by atoms with van der Waals surface area (Å²) in [6.07, 6.45) is 9.13. The van der Waals surface area contributed by atoms with E-state index in [0.29, 0.717) is 24.6 Å². The van der Waals surface area contributed by atoms with Crippen molar-refractivity contribution >= 4 is 23.6 Å². The van der Waals surface area contributed by atoms with Gasteiger partial charge in [0.05, 0.1) is 12.3 Å². The van der Waals surface area contributed by atoms with Crippen LogP contribution >= 0.6 is 11.8 Å². The molecule has 3 aliphatic rings. The van der Waals surface area contributed by atoms with Crippen LogP contribution in [0.4, 0.5) is 0 Å². The van der Waals surface area contributed by atoms with E-state index in [9.17, 15) is 9.59 Å². The van der Waals surface area contributed by atoms with Gasteiger partial charge < -0.3 is 14.8 Å². The van der Waals surface area contributed by atoms with E-state index < -0.39 is 0 Å². The third-order valence-electron chi connectivity index (χ3n) is 7.27. The first-order valence-corrected chi connectivity index (χ1v) is 12.7. The molecule has 166 valence electrons. The van der Waals surface area contributed by atoms with Crippen LogP contribution in [0.15, 0.2) is 5.16 Å². The lowest BCUT2D eigenvalue weighted by Crippen LogP contribution is -2.40. The van der Waals surface area contributed by atoms with E-state index in [-0.39, 0.29) is 17.9 Å². The van der Waals surface area contributed by atoms with Crippen LogP contribution in [0.2, 0.25) is 0 Å². The fourth-order valence-corrected chi connectivity index (χ4v) is 6.51. The Kier molecular flexibility index (Phi) is 7.01. The molecule has 0 unspecified atom stereocenters. The second-order valence-electron chi connectivity index (χ2n) is 9.25. The third kappa shape index (κ3) is 4.84. The predicted octanol–water partition coefficient (Wildman–Crippen LogP) is 3.23. The number of carbonyl (C=O) groups excluding carboxylic acids is 2. The molecule has 8 heteroatoms. The van der Waals surface area contributed by atoms with Crippen LogP contribution < -0.4 is 5.32 Å². The van der Waals surface area contributed by atoms with Gasteiger partial charge in [0.1, 0.15) is 0 Å². The average Bonchev–Trinajstić information content (AvgIpc) is 3.43. The molecule has 7 nitrogen and oxygen atoms in total. The first-order chi connectivity index (χ1) is 14.5. The van der Waals surface area contributed by atoms with Crippen molar-refractivity contribution in [2.24, 2.45) is 17.8 Å². The molecular formula is C22H35N5O2S. The maximum absolute atomic E-state index is 12.6. The molecular weight excluding hydrogens is 398 g/mol. The van der Waals surface area contributed by atoms with Crippen LogP contribution in [0.25, 0.3) is 0 Å². The van der Waals surface area contributed by atoms with E-state index in [1.54, 1.807) is 0 Å². The van der Waals surface area contributed by atoms with Crippen molar-refractivity contribution in [1.82, 2.24) is 25.0 Å². The van der Waals surface area contributed by atoms with Gasteiger partial charge >= 0.3 is 0 Å². The Morgan fingerprint density at radius 2 is 2.10 bits per heavy atom. The first kappa shape index (κ1) is 21.7. The maximum atomic E-state index is 12.6. The van der Waals surface area contributed by atoms with Crippen molar-refractivity contribution in [2.45, 2.75) is 89.5 Å². The van der Waals surface area contributed by atoms with Crippen LogP contribution in [0.5, 0.6) is 0 Å². The smallest absolute Gasteiger partial charge is 0.230 e. The second-order valence-corrected chi connectivity index (χ2v) is 10.2. The second kappa shape index (κ2) is 9.71. The Labute approximate surface area is 183 Å². The normalized spacial score (nSPS) is 27.3. The number of aromatic nitrogens is 3. The highest BCUT2D eigenvalue weighted by Gasteiger charge is 2.42. The summed E-state index contributed by atoms with van der Waals surface area (Å²) < 4.78 is 2.04. The molecule has 0 aromatic carbocycles. The van der Waals surface area contributed by atoms with Gasteiger partial charge in [0, 0.05) is 25.6 Å². The van der Waals surface area contributed by atoms with Gasteiger partial charge in [-0.25, -0.2) is 0 Å². The molecule has 4 rings (SSSR count). The molecule has 1 saturated heterocycles. The summed E-state index contributed by atoms with van der Waals surface area (Å²) in [6.45, 7) is 6.25. The summed E-state index contributed by atoms with van der Waals surface area (Å²) in [5, 5.41) is 12.7. The van der Waals surface area contributed by atoms with Gasteiger partial charge in [-0.1, -0.05) is 24.6 Å². The molecule has 2 amide bonds.